The van der Waals surface area contributed by atoms with Crippen molar-refractivity contribution in [2.45, 2.75) is 34.1 Å². The normalized spacial score (nSPS) is 8.47. The summed E-state index contributed by atoms with van der Waals surface area (Å²) in [5.41, 5.74) is 1.34. The minimum Gasteiger partial charge on any atom is -0.310 e. The van der Waals surface area contributed by atoms with Crippen LogP contribution in [0.1, 0.15) is 31.7 Å². The Morgan fingerprint density at radius 3 is 1.94 bits per heavy atom. The van der Waals surface area contributed by atoms with Crippen LogP contribution in [-0.4, -0.2) is 21.5 Å². The number of hydrogen-bond donors (Lipinski definition) is 1. The van der Waals surface area contributed by atoms with Crippen LogP contribution in [0, 0.1) is 13.8 Å². The molecule has 96 valence electrons. The molecule has 1 heterocycles. The van der Waals surface area contributed by atoms with Gasteiger partial charge in [0.2, 0.25) is 0 Å². The number of aromatic amines is 1. The second-order valence-electron chi connectivity index (χ2n) is 3.59. The smallest absolute Gasteiger partial charge is 0.310 e. The summed E-state index contributed by atoms with van der Waals surface area (Å²) in [4.78, 5) is 36.8. The first-order chi connectivity index (χ1) is 7.31. The molecule has 0 saturated heterocycles. The summed E-state index contributed by atoms with van der Waals surface area (Å²) in [5, 5.41) is 0. The van der Waals surface area contributed by atoms with Crippen molar-refractivity contribution in [1.29, 1.82) is 0 Å². The Morgan fingerprint density at radius 2 is 1.71 bits per heavy atom. The van der Waals surface area contributed by atoms with Gasteiger partial charge in [-0.1, -0.05) is 0 Å². The highest BCUT2D eigenvalue weighted by atomic mass is 35.5. The molecule has 6 heteroatoms. The lowest BCUT2D eigenvalue weighted by atomic mass is 10.2. The molecule has 0 atom stereocenters. The molecule has 0 aromatic carbocycles. The number of aryl methyl sites for hydroxylation is 2. The third kappa shape index (κ3) is 10.8. The van der Waals surface area contributed by atoms with Gasteiger partial charge >= 0.3 is 5.69 Å². The SMILES string of the molecule is CC(=O)CC(C)=O.Cc1cc(C)[nH]c(=O)n1.Cl. The summed E-state index contributed by atoms with van der Waals surface area (Å²) in [6.45, 7) is 6.43. The van der Waals surface area contributed by atoms with Crippen LogP contribution in [0.15, 0.2) is 10.9 Å². The first-order valence-electron chi connectivity index (χ1n) is 4.84. The van der Waals surface area contributed by atoms with Crippen molar-refractivity contribution in [3.05, 3.63) is 27.9 Å². The number of aromatic nitrogens is 2. The molecule has 0 amide bonds. The summed E-state index contributed by atoms with van der Waals surface area (Å²) in [5.74, 6) is -0.125. The summed E-state index contributed by atoms with van der Waals surface area (Å²) in [7, 11) is 0. The third-order valence-corrected chi connectivity index (χ3v) is 1.51. The highest BCUT2D eigenvalue weighted by Gasteiger charge is 1.94. The molecule has 0 aliphatic carbocycles. The Kier molecular flexibility index (Phi) is 9.09. The summed E-state index contributed by atoms with van der Waals surface area (Å²) in [6.07, 6.45) is 0.0833. The standard InChI is InChI=1S/C6H8N2O.C5H8O2.ClH/c1-4-3-5(2)8-6(9)7-4;1-4(6)3-5(2)7;/h3H,1-2H3,(H,7,8,9);3H2,1-2H3;1H. The second-order valence-corrected chi connectivity index (χ2v) is 3.59. The van der Waals surface area contributed by atoms with E-state index in [4.69, 9.17) is 0 Å². The van der Waals surface area contributed by atoms with Gasteiger partial charge in [0, 0.05) is 11.4 Å². The zero-order chi connectivity index (χ0) is 12.7. The third-order valence-electron chi connectivity index (χ3n) is 1.51. The van der Waals surface area contributed by atoms with Crippen molar-refractivity contribution >= 4 is 24.0 Å². The highest BCUT2D eigenvalue weighted by Crippen LogP contribution is 1.88. The van der Waals surface area contributed by atoms with E-state index in [2.05, 4.69) is 9.97 Å². The van der Waals surface area contributed by atoms with Gasteiger partial charge < -0.3 is 4.98 Å². The average Bonchev–Trinajstić information content (AvgIpc) is 1.97. The predicted molar refractivity (Wildman–Crippen MR) is 67.6 cm³/mol. The van der Waals surface area contributed by atoms with Gasteiger partial charge in [0.15, 0.2) is 0 Å². The Hall–Kier alpha value is -1.49. The largest absolute Gasteiger partial charge is 0.345 e. The number of Topliss-reactive ketones (excluding diaryl/α,β-unsaturated/α-hetero) is 2. The molecule has 0 radical (unpaired) electrons. The van der Waals surface area contributed by atoms with Crippen LogP contribution in [0.2, 0.25) is 0 Å². The molecule has 1 aromatic rings. The van der Waals surface area contributed by atoms with E-state index >= 15 is 0 Å². The minimum atomic E-state index is -0.271. The minimum absolute atomic E-state index is 0. The van der Waals surface area contributed by atoms with Gasteiger partial charge in [-0.15, -0.1) is 12.4 Å². The van der Waals surface area contributed by atoms with Gasteiger partial charge in [-0.25, -0.2) is 4.79 Å². The van der Waals surface area contributed by atoms with Crippen LogP contribution >= 0.6 is 12.4 Å². The van der Waals surface area contributed by atoms with Crippen molar-refractivity contribution in [3.8, 4) is 0 Å². The van der Waals surface area contributed by atoms with Gasteiger partial charge in [-0.2, -0.15) is 4.98 Å². The molecule has 1 aromatic heterocycles. The number of hydrogen-bond acceptors (Lipinski definition) is 4. The zero-order valence-electron chi connectivity index (χ0n) is 10.4. The fourth-order valence-electron chi connectivity index (χ4n) is 1.09. The van der Waals surface area contributed by atoms with Crippen LogP contribution in [0.4, 0.5) is 0 Å². The van der Waals surface area contributed by atoms with Crippen LogP contribution in [-0.2, 0) is 9.59 Å². The van der Waals surface area contributed by atoms with E-state index in [1.165, 1.54) is 13.8 Å². The zero-order valence-corrected chi connectivity index (χ0v) is 11.2. The Bertz CT molecular complexity index is 405. The molecule has 0 bridgehead atoms. The lowest BCUT2D eigenvalue weighted by molar-refractivity contribution is -0.124. The molecule has 0 aliphatic heterocycles. The number of carbonyl (C=O) groups excluding carboxylic acids is 2. The molecule has 17 heavy (non-hydrogen) atoms. The van der Waals surface area contributed by atoms with Crippen molar-refractivity contribution in [2.24, 2.45) is 0 Å². The molecule has 0 saturated carbocycles. The number of nitrogens with zero attached hydrogens (tertiary/aromatic N) is 1. The number of ketones is 2. The summed E-state index contributed by atoms with van der Waals surface area (Å²) >= 11 is 0. The fraction of sp³-hybridized carbons (Fsp3) is 0.455. The number of rotatable bonds is 2. The maximum atomic E-state index is 10.5. The highest BCUT2D eigenvalue weighted by molar-refractivity contribution is 5.96. The monoisotopic (exact) mass is 260 g/mol. The molecule has 5 nitrogen and oxygen atoms in total. The predicted octanol–water partition coefficient (Wildman–Crippen LogP) is 1.36. The van der Waals surface area contributed by atoms with E-state index in [1.807, 2.05) is 13.0 Å². The van der Waals surface area contributed by atoms with E-state index in [9.17, 15) is 14.4 Å². The van der Waals surface area contributed by atoms with E-state index in [0.29, 0.717) is 0 Å². The molecule has 1 N–H and O–H groups in total. The second kappa shape index (κ2) is 8.64. The number of nitrogens with one attached hydrogen (secondary N) is 1. The quantitative estimate of drug-likeness (QED) is 0.815. The van der Waals surface area contributed by atoms with E-state index in [-0.39, 0.29) is 36.1 Å². The molecular formula is C11H17ClN2O3. The van der Waals surface area contributed by atoms with Crippen molar-refractivity contribution < 1.29 is 9.59 Å². The van der Waals surface area contributed by atoms with Gasteiger partial charge in [-0.05, 0) is 33.8 Å². The molecule has 0 fully saturated rings. The van der Waals surface area contributed by atoms with E-state index < -0.39 is 0 Å². The first-order valence-corrected chi connectivity index (χ1v) is 4.84. The van der Waals surface area contributed by atoms with Crippen LogP contribution in [0.25, 0.3) is 0 Å². The lowest BCUT2D eigenvalue weighted by Crippen LogP contribution is -2.11. The Labute approximate surface area is 106 Å². The fourth-order valence-corrected chi connectivity index (χ4v) is 1.09. The number of carbonyl (C=O) groups is 2. The Morgan fingerprint density at radius 1 is 1.24 bits per heavy atom. The molecular weight excluding hydrogens is 244 g/mol. The van der Waals surface area contributed by atoms with Crippen molar-refractivity contribution in [2.75, 3.05) is 0 Å². The lowest BCUT2D eigenvalue weighted by Gasteiger charge is -1.90. The average molecular weight is 261 g/mol. The molecule has 0 spiro atoms. The number of halogens is 1. The van der Waals surface area contributed by atoms with Crippen LogP contribution < -0.4 is 5.69 Å². The van der Waals surface area contributed by atoms with Crippen LogP contribution in [0.3, 0.4) is 0 Å². The summed E-state index contributed by atoms with van der Waals surface area (Å²) in [6, 6.07) is 1.82. The van der Waals surface area contributed by atoms with Gasteiger partial charge in [0.1, 0.15) is 11.6 Å². The molecule has 0 aliphatic rings. The summed E-state index contributed by atoms with van der Waals surface area (Å²) < 4.78 is 0. The van der Waals surface area contributed by atoms with E-state index in [1.54, 1.807) is 6.92 Å². The maximum absolute atomic E-state index is 10.5. The maximum Gasteiger partial charge on any atom is 0.345 e. The van der Waals surface area contributed by atoms with Gasteiger partial charge in [0.25, 0.3) is 0 Å². The molecule has 0 unspecified atom stereocenters. The van der Waals surface area contributed by atoms with Gasteiger partial charge in [0.05, 0.1) is 6.42 Å². The molecule has 1 rings (SSSR count). The topological polar surface area (TPSA) is 79.9 Å². The van der Waals surface area contributed by atoms with Crippen molar-refractivity contribution in [1.82, 2.24) is 9.97 Å². The van der Waals surface area contributed by atoms with Crippen molar-refractivity contribution in [3.63, 3.8) is 0 Å². The first kappa shape index (κ1) is 17.9. The van der Waals surface area contributed by atoms with Gasteiger partial charge in [-0.3, -0.25) is 9.59 Å². The number of H-pyrrole nitrogens is 1. The van der Waals surface area contributed by atoms with E-state index in [0.717, 1.165) is 11.4 Å². The van der Waals surface area contributed by atoms with Crippen LogP contribution in [0.5, 0.6) is 0 Å². The Balaban J connectivity index is 0.